The van der Waals surface area contributed by atoms with Crippen LogP contribution in [0, 0.1) is 0 Å². The minimum absolute atomic E-state index is 0.0697. The van der Waals surface area contributed by atoms with Crippen molar-refractivity contribution in [2.45, 2.75) is 38.1 Å². The molecule has 1 atom stereocenters. The quantitative estimate of drug-likeness (QED) is 0.905. The van der Waals surface area contributed by atoms with E-state index in [0.29, 0.717) is 17.7 Å². The summed E-state index contributed by atoms with van der Waals surface area (Å²) in [6, 6.07) is 0. The molecule has 0 radical (unpaired) electrons. The highest BCUT2D eigenvalue weighted by molar-refractivity contribution is 5.86. The second-order valence-corrected chi connectivity index (χ2v) is 4.24. The number of aryl methyl sites for hydroxylation is 1. The molecule has 1 N–H and O–H groups in total. The van der Waals surface area contributed by atoms with E-state index in [1.165, 1.54) is 0 Å². The van der Waals surface area contributed by atoms with Crippen molar-refractivity contribution in [2.75, 3.05) is 6.61 Å². The van der Waals surface area contributed by atoms with Crippen LogP contribution in [0.3, 0.4) is 0 Å². The zero-order valence-corrected chi connectivity index (χ0v) is 9.85. The van der Waals surface area contributed by atoms with Gasteiger partial charge in [0.1, 0.15) is 0 Å². The van der Waals surface area contributed by atoms with Crippen LogP contribution < -0.4 is 0 Å². The van der Waals surface area contributed by atoms with Gasteiger partial charge in [-0.25, -0.2) is 9.48 Å². The molecule has 2 rings (SSSR count). The zero-order valence-electron chi connectivity index (χ0n) is 9.85. The Kier molecular flexibility index (Phi) is 3.74. The minimum atomic E-state index is -4.80. The number of ether oxygens (including phenoxy) is 1. The molecule has 6 nitrogen and oxygen atoms in total. The fourth-order valence-electron chi connectivity index (χ4n) is 2.03. The lowest BCUT2D eigenvalue weighted by Gasteiger charge is -2.12. The van der Waals surface area contributed by atoms with Crippen molar-refractivity contribution in [1.29, 1.82) is 0 Å². The normalized spacial score (nSPS) is 19.8. The van der Waals surface area contributed by atoms with E-state index in [-0.39, 0.29) is 12.6 Å². The molecule has 1 aliphatic heterocycles. The largest absolute Gasteiger partial charge is 0.476 e. The lowest BCUT2D eigenvalue weighted by atomic mass is 10.2. The first-order valence-corrected chi connectivity index (χ1v) is 5.75. The number of carbonyl (C=O) groups is 1. The lowest BCUT2D eigenvalue weighted by molar-refractivity contribution is -0.144. The van der Waals surface area contributed by atoms with Crippen molar-refractivity contribution >= 4 is 5.97 Å². The maximum Gasteiger partial charge on any atom is 0.435 e. The maximum atomic E-state index is 12.8. The number of hydrogen-bond acceptors (Lipinski definition) is 4. The number of carboxylic acids is 1. The van der Waals surface area contributed by atoms with Gasteiger partial charge in [0.2, 0.25) is 5.69 Å². The second kappa shape index (κ2) is 5.16. The number of nitrogens with zero attached hydrogens (tertiary/aromatic N) is 3. The van der Waals surface area contributed by atoms with E-state index in [1.54, 1.807) is 0 Å². The number of halogens is 3. The van der Waals surface area contributed by atoms with Gasteiger partial charge in [-0.05, 0) is 19.3 Å². The van der Waals surface area contributed by atoms with Gasteiger partial charge >= 0.3 is 12.1 Å². The molecule has 0 aliphatic carbocycles. The SMILES string of the molecule is O=C(O)c1nnn(CCC2CCCO2)c1C(F)(F)F. The molecule has 106 valence electrons. The van der Waals surface area contributed by atoms with Crippen molar-refractivity contribution < 1.29 is 27.8 Å². The molecule has 0 amide bonds. The standard InChI is InChI=1S/C10H12F3N3O3/c11-10(12,13)8-7(9(17)18)14-15-16(8)4-3-6-2-1-5-19-6/h6H,1-5H2,(H,17,18). The monoisotopic (exact) mass is 279 g/mol. The predicted molar refractivity (Wildman–Crippen MR) is 55.6 cm³/mol. The Morgan fingerprint density at radius 3 is 2.79 bits per heavy atom. The zero-order chi connectivity index (χ0) is 14.0. The van der Waals surface area contributed by atoms with Crippen LogP contribution in [0.25, 0.3) is 0 Å². The first-order valence-electron chi connectivity index (χ1n) is 5.75. The molecule has 0 bridgehead atoms. The third-order valence-electron chi connectivity index (χ3n) is 2.89. The molecule has 0 spiro atoms. The number of rotatable bonds is 4. The first-order chi connectivity index (χ1) is 8.89. The van der Waals surface area contributed by atoms with Gasteiger partial charge in [0.25, 0.3) is 0 Å². The lowest BCUT2D eigenvalue weighted by Crippen LogP contribution is -2.20. The summed E-state index contributed by atoms with van der Waals surface area (Å²) in [7, 11) is 0. The molecular formula is C10H12F3N3O3. The molecule has 1 fully saturated rings. The molecule has 1 saturated heterocycles. The van der Waals surface area contributed by atoms with Crippen molar-refractivity contribution in [3.63, 3.8) is 0 Å². The maximum absolute atomic E-state index is 12.8. The van der Waals surface area contributed by atoms with Gasteiger partial charge in [0.15, 0.2) is 5.69 Å². The third-order valence-corrected chi connectivity index (χ3v) is 2.89. The molecule has 19 heavy (non-hydrogen) atoms. The van der Waals surface area contributed by atoms with Crippen molar-refractivity contribution in [3.8, 4) is 0 Å². The highest BCUT2D eigenvalue weighted by Gasteiger charge is 2.41. The smallest absolute Gasteiger partial charge is 0.435 e. The molecule has 0 aromatic carbocycles. The molecule has 2 heterocycles. The molecule has 0 saturated carbocycles. The second-order valence-electron chi connectivity index (χ2n) is 4.24. The predicted octanol–water partition coefficient (Wildman–Crippen LogP) is 1.56. The van der Waals surface area contributed by atoms with Crippen LogP contribution in [0.1, 0.15) is 35.4 Å². The van der Waals surface area contributed by atoms with E-state index in [2.05, 4.69) is 10.3 Å². The van der Waals surface area contributed by atoms with E-state index < -0.39 is 23.5 Å². The number of aromatic carboxylic acids is 1. The van der Waals surface area contributed by atoms with Gasteiger partial charge in [-0.2, -0.15) is 13.2 Å². The minimum Gasteiger partial charge on any atom is -0.476 e. The molecule has 1 aliphatic rings. The van der Waals surface area contributed by atoms with Crippen LogP contribution >= 0.6 is 0 Å². The number of aromatic nitrogens is 3. The Labute approximate surface area is 106 Å². The fourth-order valence-corrected chi connectivity index (χ4v) is 2.03. The van der Waals surface area contributed by atoms with Gasteiger partial charge in [0, 0.05) is 13.2 Å². The van der Waals surface area contributed by atoms with Crippen LogP contribution in [-0.2, 0) is 17.5 Å². The summed E-state index contributed by atoms with van der Waals surface area (Å²) in [5.74, 6) is -1.74. The highest BCUT2D eigenvalue weighted by atomic mass is 19.4. The van der Waals surface area contributed by atoms with Crippen molar-refractivity contribution in [3.05, 3.63) is 11.4 Å². The Balaban J connectivity index is 2.17. The molecule has 1 aromatic heterocycles. The van der Waals surface area contributed by atoms with E-state index >= 15 is 0 Å². The number of hydrogen-bond donors (Lipinski definition) is 1. The highest BCUT2D eigenvalue weighted by Crippen LogP contribution is 2.31. The van der Waals surface area contributed by atoms with Gasteiger partial charge in [-0.1, -0.05) is 5.21 Å². The van der Waals surface area contributed by atoms with Crippen LogP contribution in [0.2, 0.25) is 0 Å². The van der Waals surface area contributed by atoms with Crippen LogP contribution in [0.4, 0.5) is 13.2 Å². The summed E-state index contributed by atoms with van der Waals surface area (Å²) in [5, 5.41) is 15.0. The van der Waals surface area contributed by atoms with E-state index in [9.17, 15) is 18.0 Å². The summed E-state index contributed by atoms with van der Waals surface area (Å²) in [5.41, 5.74) is -2.39. The summed E-state index contributed by atoms with van der Waals surface area (Å²) in [6.07, 6.45) is -2.87. The molecule has 9 heteroatoms. The fraction of sp³-hybridized carbons (Fsp3) is 0.700. The third kappa shape index (κ3) is 3.03. The van der Waals surface area contributed by atoms with Crippen molar-refractivity contribution in [2.24, 2.45) is 0 Å². The summed E-state index contributed by atoms with van der Waals surface area (Å²) in [4.78, 5) is 10.7. The Hall–Kier alpha value is -1.64. The molecule has 1 unspecified atom stereocenters. The molecule has 1 aromatic rings. The van der Waals surface area contributed by atoms with Gasteiger partial charge in [-0.3, -0.25) is 0 Å². The van der Waals surface area contributed by atoms with Crippen LogP contribution in [0.5, 0.6) is 0 Å². The average Bonchev–Trinajstić information content (AvgIpc) is 2.94. The summed E-state index contributed by atoms with van der Waals surface area (Å²) < 4.78 is 44.3. The van der Waals surface area contributed by atoms with E-state index in [1.807, 2.05) is 0 Å². The summed E-state index contributed by atoms with van der Waals surface area (Å²) in [6.45, 7) is 0.536. The van der Waals surface area contributed by atoms with Crippen LogP contribution in [-0.4, -0.2) is 38.8 Å². The van der Waals surface area contributed by atoms with Gasteiger partial charge in [0.05, 0.1) is 6.10 Å². The Morgan fingerprint density at radius 1 is 1.53 bits per heavy atom. The van der Waals surface area contributed by atoms with Gasteiger partial charge in [-0.15, -0.1) is 5.10 Å². The molecular weight excluding hydrogens is 267 g/mol. The van der Waals surface area contributed by atoms with Crippen LogP contribution in [0.15, 0.2) is 0 Å². The van der Waals surface area contributed by atoms with Gasteiger partial charge < -0.3 is 9.84 Å². The average molecular weight is 279 g/mol. The Bertz CT molecular complexity index is 466. The van der Waals surface area contributed by atoms with Crippen molar-refractivity contribution in [1.82, 2.24) is 15.0 Å². The van der Waals surface area contributed by atoms with E-state index in [0.717, 1.165) is 12.8 Å². The number of carboxylic acid groups (broad SMARTS) is 1. The number of alkyl halides is 3. The topological polar surface area (TPSA) is 77.2 Å². The summed E-state index contributed by atoms with van der Waals surface area (Å²) >= 11 is 0. The Morgan fingerprint density at radius 2 is 2.26 bits per heavy atom. The van der Waals surface area contributed by atoms with E-state index in [4.69, 9.17) is 9.84 Å². The first kappa shape index (κ1) is 13.8.